The first kappa shape index (κ1) is 25.8. The van der Waals surface area contributed by atoms with Crippen LogP contribution >= 0.6 is 0 Å². The van der Waals surface area contributed by atoms with Crippen LogP contribution in [0.15, 0.2) is 0 Å². The Morgan fingerprint density at radius 2 is 1.50 bits per heavy atom. The standard InChI is InChI=1S/C15H24O9.C2H4O2/c1-5-6-7-20-24-13-12(8-19-9(2)16)23-15(22-11(4)18)14(13)21-10(3)17;1-2(3)4/h12-15H,5-8H2,1-4H3;1H3,(H,3,4)/t12-,13+,14-,15?;/m1./s1. The molecule has 0 aromatic rings. The monoisotopic (exact) mass is 408 g/mol. The van der Waals surface area contributed by atoms with Crippen LogP contribution in [0.2, 0.25) is 0 Å². The lowest BCUT2D eigenvalue weighted by Gasteiger charge is -2.22. The van der Waals surface area contributed by atoms with E-state index in [-0.39, 0.29) is 6.61 Å². The molecule has 1 fully saturated rings. The van der Waals surface area contributed by atoms with Crippen molar-refractivity contribution < 1.29 is 53.0 Å². The van der Waals surface area contributed by atoms with Crippen molar-refractivity contribution in [3.05, 3.63) is 0 Å². The van der Waals surface area contributed by atoms with Crippen molar-refractivity contribution in [2.45, 2.75) is 72.1 Å². The molecule has 11 heteroatoms. The first-order chi connectivity index (χ1) is 13.1. The molecule has 28 heavy (non-hydrogen) atoms. The Labute approximate surface area is 163 Å². The second-order valence-electron chi connectivity index (χ2n) is 5.78. The summed E-state index contributed by atoms with van der Waals surface area (Å²) < 4.78 is 20.6. The maximum absolute atomic E-state index is 11.3. The third-order valence-corrected chi connectivity index (χ3v) is 3.06. The van der Waals surface area contributed by atoms with Gasteiger partial charge >= 0.3 is 17.9 Å². The number of carboxylic acids is 1. The van der Waals surface area contributed by atoms with Gasteiger partial charge in [-0.3, -0.25) is 19.2 Å². The molecule has 11 nitrogen and oxygen atoms in total. The smallest absolute Gasteiger partial charge is 0.305 e. The molecule has 0 bridgehead atoms. The number of unbranched alkanes of at least 4 members (excludes halogenated alkanes) is 1. The molecular formula is C17H28O11. The second kappa shape index (κ2) is 13.9. The van der Waals surface area contributed by atoms with Crippen molar-refractivity contribution in [3.63, 3.8) is 0 Å². The van der Waals surface area contributed by atoms with Gasteiger partial charge in [0, 0.05) is 27.7 Å². The van der Waals surface area contributed by atoms with E-state index in [1.807, 2.05) is 6.92 Å². The molecule has 1 saturated heterocycles. The van der Waals surface area contributed by atoms with E-state index in [0.717, 1.165) is 19.8 Å². The Morgan fingerprint density at radius 3 is 1.96 bits per heavy atom. The van der Waals surface area contributed by atoms with Gasteiger partial charge in [0.2, 0.25) is 6.29 Å². The van der Waals surface area contributed by atoms with Crippen molar-refractivity contribution in [2.24, 2.45) is 0 Å². The SMILES string of the molecule is CC(=O)O.CCCCOO[C@H]1[C@@H](COC(C)=O)OC(OC(C)=O)[C@@H]1OC(C)=O. The Balaban J connectivity index is 0.00000165. The van der Waals surface area contributed by atoms with E-state index in [1.165, 1.54) is 20.8 Å². The van der Waals surface area contributed by atoms with Crippen LogP contribution in [0.4, 0.5) is 0 Å². The zero-order valence-electron chi connectivity index (χ0n) is 16.7. The predicted molar refractivity (Wildman–Crippen MR) is 91.7 cm³/mol. The van der Waals surface area contributed by atoms with Gasteiger partial charge in [0.15, 0.2) is 12.2 Å². The normalized spacial score (nSPS) is 23.2. The summed E-state index contributed by atoms with van der Waals surface area (Å²) >= 11 is 0. The molecule has 1 N–H and O–H groups in total. The quantitative estimate of drug-likeness (QED) is 0.192. The van der Waals surface area contributed by atoms with E-state index >= 15 is 0 Å². The van der Waals surface area contributed by atoms with E-state index in [0.29, 0.717) is 6.61 Å². The largest absolute Gasteiger partial charge is 0.481 e. The average molecular weight is 408 g/mol. The Hall–Kier alpha value is -2.24. The highest BCUT2D eigenvalue weighted by molar-refractivity contribution is 5.67. The van der Waals surface area contributed by atoms with Crippen molar-refractivity contribution in [1.29, 1.82) is 0 Å². The van der Waals surface area contributed by atoms with Crippen LogP contribution in [0, 0.1) is 0 Å². The molecule has 1 aliphatic heterocycles. The summed E-state index contributed by atoms with van der Waals surface area (Å²) in [4.78, 5) is 52.9. The molecule has 0 aromatic carbocycles. The van der Waals surface area contributed by atoms with Crippen molar-refractivity contribution >= 4 is 23.9 Å². The molecule has 0 aliphatic carbocycles. The van der Waals surface area contributed by atoms with Gasteiger partial charge < -0.3 is 24.1 Å². The average Bonchev–Trinajstić information content (AvgIpc) is 2.85. The van der Waals surface area contributed by atoms with Gasteiger partial charge in [0.25, 0.3) is 5.97 Å². The van der Waals surface area contributed by atoms with Crippen LogP contribution in [0.3, 0.4) is 0 Å². The van der Waals surface area contributed by atoms with Gasteiger partial charge in [-0.05, 0) is 6.42 Å². The summed E-state index contributed by atoms with van der Waals surface area (Å²) in [5, 5.41) is 7.42. The number of carbonyl (C=O) groups excluding carboxylic acids is 3. The highest BCUT2D eigenvalue weighted by Gasteiger charge is 2.51. The fourth-order valence-corrected chi connectivity index (χ4v) is 2.05. The highest BCUT2D eigenvalue weighted by atomic mass is 17.2. The van der Waals surface area contributed by atoms with Crippen LogP contribution < -0.4 is 0 Å². The van der Waals surface area contributed by atoms with Gasteiger partial charge in [-0.15, -0.1) is 0 Å². The molecule has 1 aliphatic rings. The summed E-state index contributed by atoms with van der Waals surface area (Å²) in [6.45, 7) is 6.89. The molecule has 0 saturated carbocycles. The number of hydrogen-bond acceptors (Lipinski definition) is 10. The molecule has 1 unspecified atom stereocenters. The molecule has 1 heterocycles. The van der Waals surface area contributed by atoms with Gasteiger partial charge in [-0.1, -0.05) is 13.3 Å². The van der Waals surface area contributed by atoms with E-state index in [9.17, 15) is 14.4 Å². The maximum atomic E-state index is 11.3. The summed E-state index contributed by atoms with van der Waals surface area (Å²) in [5.74, 6) is -2.56. The topological polar surface area (TPSA) is 144 Å². The number of carbonyl (C=O) groups is 4. The van der Waals surface area contributed by atoms with E-state index in [4.69, 9.17) is 38.6 Å². The third kappa shape index (κ3) is 11.5. The van der Waals surface area contributed by atoms with Crippen LogP contribution in [-0.4, -0.2) is 66.8 Å². The van der Waals surface area contributed by atoms with E-state index < -0.39 is 48.5 Å². The maximum Gasteiger partial charge on any atom is 0.305 e. The predicted octanol–water partition coefficient (Wildman–Crippen LogP) is 0.977. The number of esters is 3. The lowest BCUT2D eigenvalue weighted by atomic mass is 10.1. The zero-order chi connectivity index (χ0) is 21.7. The Bertz CT molecular complexity index is 515. The number of carboxylic acid groups (broad SMARTS) is 1. The van der Waals surface area contributed by atoms with Gasteiger partial charge in [0.1, 0.15) is 12.7 Å². The second-order valence-corrected chi connectivity index (χ2v) is 5.78. The van der Waals surface area contributed by atoms with Crippen molar-refractivity contribution in [2.75, 3.05) is 13.2 Å². The van der Waals surface area contributed by atoms with Gasteiger partial charge in [0.05, 0.1) is 6.61 Å². The zero-order valence-corrected chi connectivity index (χ0v) is 16.7. The molecule has 0 spiro atoms. The van der Waals surface area contributed by atoms with E-state index in [1.54, 1.807) is 0 Å². The molecule has 0 amide bonds. The third-order valence-electron chi connectivity index (χ3n) is 3.06. The molecule has 0 aromatic heterocycles. The minimum absolute atomic E-state index is 0.160. The minimum atomic E-state index is -1.17. The van der Waals surface area contributed by atoms with Crippen LogP contribution in [0.5, 0.6) is 0 Å². The minimum Gasteiger partial charge on any atom is -0.481 e. The molecule has 4 atom stereocenters. The number of ether oxygens (including phenoxy) is 4. The Morgan fingerprint density at radius 1 is 0.929 bits per heavy atom. The molecule has 162 valence electrons. The number of hydrogen-bond donors (Lipinski definition) is 1. The summed E-state index contributed by atoms with van der Waals surface area (Å²) in [7, 11) is 0. The van der Waals surface area contributed by atoms with Crippen LogP contribution in [0.25, 0.3) is 0 Å². The summed E-state index contributed by atoms with van der Waals surface area (Å²) in [6.07, 6.45) is -2.25. The van der Waals surface area contributed by atoms with Gasteiger partial charge in [-0.25, -0.2) is 9.78 Å². The molecular weight excluding hydrogens is 380 g/mol. The number of rotatable bonds is 9. The number of aliphatic carboxylic acids is 1. The first-order valence-electron chi connectivity index (χ1n) is 8.69. The highest BCUT2D eigenvalue weighted by Crippen LogP contribution is 2.28. The lowest BCUT2D eigenvalue weighted by Crippen LogP contribution is -2.41. The van der Waals surface area contributed by atoms with Crippen LogP contribution in [-0.2, 0) is 47.9 Å². The first-order valence-corrected chi connectivity index (χ1v) is 8.69. The van der Waals surface area contributed by atoms with Crippen molar-refractivity contribution in [1.82, 2.24) is 0 Å². The van der Waals surface area contributed by atoms with Crippen LogP contribution in [0.1, 0.15) is 47.5 Å². The summed E-state index contributed by atoms with van der Waals surface area (Å²) in [5.41, 5.74) is 0. The molecule has 1 rings (SSSR count). The summed E-state index contributed by atoms with van der Waals surface area (Å²) in [6, 6.07) is 0. The van der Waals surface area contributed by atoms with Gasteiger partial charge in [-0.2, -0.15) is 0 Å². The fraction of sp³-hybridized carbons (Fsp3) is 0.765. The van der Waals surface area contributed by atoms with Crippen molar-refractivity contribution in [3.8, 4) is 0 Å². The molecule has 0 radical (unpaired) electrons. The fourth-order valence-electron chi connectivity index (χ4n) is 2.05. The lowest BCUT2D eigenvalue weighted by molar-refractivity contribution is -0.341. The van der Waals surface area contributed by atoms with E-state index in [2.05, 4.69) is 0 Å². The Kier molecular flexibility index (Phi) is 12.7.